The standard InChI is InChI=1S/C24H19NO5S/c1-12(2)22(31)25-18-5-3-4-17-21(18)23(28)30-24(17)15-8-6-13(26)10-19(15)29-20-11-14(27)7-9-16(20)24/h3-12,26-27H,1-2H3,(H,25,31). The molecule has 2 heterocycles. The first-order valence-electron chi connectivity index (χ1n) is 9.84. The lowest BCUT2D eigenvalue weighted by Crippen LogP contribution is -2.32. The number of esters is 1. The van der Waals surface area contributed by atoms with Crippen LogP contribution in [0.4, 0.5) is 5.69 Å². The molecule has 0 bridgehead atoms. The fourth-order valence-electron chi connectivity index (χ4n) is 4.13. The molecule has 31 heavy (non-hydrogen) atoms. The second-order valence-corrected chi connectivity index (χ2v) is 8.35. The first-order valence-corrected chi connectivity index (χ1v) is 10.2. The van der Waals surface area contributed by atoms with E-state index in [1.54, 1.807) is 18.2 Å². The largest absolute Gasteiger partial charge is 0.508 e. The molecule has 2 aliphatic rings. The summed E-state index contributed by atoms with van der Waals surface area (Å²) in [5, 5.41) is 23.2. The van der Waals surface area contributed by atoms with Gasteiger partial charge in [-0.05, 0) is 30.3 Å². The molecule has 0 atom stereocenters. The fraction of sp³-hybridized carbons (Fsp3) is 0.167. The zero-order chi connectivity index (χ0) is 21.9. The normalized spacial score (nSPS) is 15.0. The molecule has 0 aliphatic carbocycles. The van der Waals surface area contributed by atoms with Crippen molar-refractivity contribution in [3.63, 3.8) is 0 Å². The van der Waals surface area contributed by atoms with Crippen LogP contribution in [-0.4, -0.2) is 21.2 Å². The van der Waals surface area contributed by atoms with Crippen molar-refractivity contribution in [2.45, 2.75) is 19.4 Å². The Morgan fingerprint density at radius 1 is 0.968 bits per heavy atom. The number of benzene rings is 3. The number of carbonyl (C=O) groups is 1. The summed E-state index contributed by atoms with van der Waals surface area (Å²) in [4.78, 5) is 13.8. The zero-order valence-electron chi connectivity index (χ0n) is 16.8. The minimum Gasteiger partial charge on any atom is -0.508 e. The second kappa shape index (κ2) is 6.72. The molecule has 5 rings (SSSR count). The van der Waals surface area contributed by atoms with Gasteiger partial charge in [-0.2, -0.15) is 0 Å². The molecule has 1 spiro atoms. The van der Waals surface area contributed by atoms with Gasteiger partial charge in [0.05, 0.1) is 16.2 Å². The summed E-state index contributed by atoms with van der Waals surface area (Å²) in [7, 11) is 0. The first kappa shape index (κ1) is 19.4. The van der Waals surface area contributed by atoms with Crippen molar-refractivity contribution in [2.75, 3.05) is 5.32 Å². The van der Waals surface area contributed by atoms with Crippen LogP contribution in [0.15, 0.2) is 54.6 Å². The molecule has 0 radical (unpaired) electrons. The van der Waals surface area contributed by atoms with Gasteiger partial charge in [0.1, 0.15) is 23.0 Å². The van der Waals surface area contributed by atoms with Crippen molar-refractivity contribution in [3.05, 3.63) is 76.9 Å². The number of phenolic OH excluding ortho intramolecular Hbond substituents is 2. The molecule has 3 aromatic rings. The third kappa shape index (κ3) is 2.77. The molecule has 0 amide bonds. The Balaban J connectivity index is 1.80. The minimum absolute atomic E-state index is 0.0137. The van der Waals surface area contributed by atoms with E-state index in [4.69, 9.17) is 21.7 Å². The molecule has 2 aliphatic heterocycles. The lowest BCUT2D eigenvalue weighted by Gasteiger charge is -2.36. The van der Waals surface area contributed by atoms with Gasteiger partial charge in [0.25, 0.3) is 0 Å². The Labute approximate surface area is 184 Å². The Bertz CT molecular complexity index is 1220. The highest BCUT2D eigenvalue weighted by molar-refractivity contribution is 7.80. The maximum Gasteiger partial charge on any atom is 0.342 e. The molecule has 0 saturated carbocycles. The van der Waals surface area contributed by atoms with Crippen molar-refractivity contribution in [1.82, 2.24) is 0 Å². The number of nitrogens with one attached hydrogen (secondary N) is 1. The minimum atomic E-state index is -1.28. The summed E-state index contributed by atoms with van der Waals surface area (Å²) >= 11 is 5.43. The van der Waals surface area contributed by atoms with Crippen molar-refractivity contribution in [3.8, 4) is 23.0 Å². The van der Waals surface area contributed by atoms with E-state index in [1.807, 2.05) is 26.0 Å². The summed E-state index contributed by atoms with van der Waals surface area (Å²) in [6.07, 6.45) is 0. The van der Waals surface area contributed by atoms with Gasteiger partial charge >= 0.3 is 5.97 Å². The molecule has 0 saturated heterocycles. The summed E-state index contributed by atoms with van der Waals surface area (Å²) < 4.78 is 12.1. The highest BCUT2D eigenvalue weighted by atomic mass is 32.1. The van der Waals surface area contributed by atoms with E-state index in [9.17, 15) is 15.0 Å². The first-order chi connectivity index (χ1) is 14.8. The number of thiocarbonyl (C=S) groups is 1. The molecule has 156 valence electrons. The molecule has 3 aromatic carbocycles. The van der Waals surface area contributed by atoms with Gasteiger partial charge in [0.15, 0.2) is 5.60 Å². The van der Waals surface area contributed by atoms with Crippen LogP contribution in [0.25, 0.3) is 0 Å². The van der Waals surface area contributed by atoms with E-state index in [2.05, 4.69) is 5.32 Å². The average molecular weight is 433 g/mol. The molecular weight excluding hydrogens is 414 g/mol. The van der Waals surface area contributed by atoms with Crippen LogP contribution < -0.4 is 10.1 Å². The Kier molecular flexibility index (Phi) is 4.20. The van der Waals surface area contributed by atoms with Gasteiger partial charge in [0.2, 0.25) is 0 Å². The van der Waals surface area contributed by atoms with E-state index in [-0.39, 0.29) is 17.4 Å². The quantitative estimate of drug-likeness (QED) is 0.384. The van der Waals surface area contributed by atoms with E-state index < -0.39 is 11.6 Å². The van der Waals surface area contributed by atoms with Crippen LogP contribution >= 0.6 is 12.2 Å². The summed E-state index contributed by atoms with van der Waals surface area (Å²) in [6.45, 7) is 3.95. The van der Waals surface area contributed by atoms with E-state index >= 15 is 0 Å². The molecule has 0 fully saturated rings. The van der Waals surface area contributed by atoms with Crippen LogP contribution in [-0.2, 0) is 10.3 Å². The number of rotatable bonds is 2. The van der Waals surface area contributed by atoms with Gasteiger partial charge < -0.3 is 25.0 Å². The molecule has 6 nitrogen and oxygen atoms in total. The third-order valence-corrected chi connectivity index (χ3v) is 6.16. The summed E-state index contributed by atoms with van der Waals surface area (Å²) in [5.41, 5.74) is 1.48. The lowest BCUT2D eigenvalue weighted by atomic mass is 9.77. The lowest BCUT2D eigenvalue weighted by molar-refractivity contribution is 0.0224. The zero-order valence-corrected chi connectivity index (χ0v) is 17.6. The van der Waals surface area contributed by atoms with Crippen LogP contribution in [0.2, 0.25) is 0 Å². The van der Waals surface area contributed by atoms with Crippen LogP contribution in [0, 0.1) is 5.92 Å². The highest BCUT2D eigenvalue weighted by Crippen LogP contribution is 2.57. The number of ether oxygens (including phenoxy) is 2. The van der Waals surface area contributed by atoms with E-state index in [1.165, 1.54) is 24.3 Å². The molecule has 3 N–H and O–H groups in total. The third-order valence-electron chi connectivity index (χ3n) is 5.58. The SMILES string of the molecule is CC(C)C(=S)Nc1cccc2c1C(=O)OC21c2ccc(O)cc2Oc2cc(O)ccc21. The molecule has 0 aromatic heterocycles. The van der Waals surface area contributed by atoms with E-state index in [0.717, 1.165) is 0 Å². The fourth-order valence-corrected chi connectivity index (χ4v) is 4.24. The Hall–Kier alpha value is -3.58. The van der Waals surface area contributed by atoms with Crippen LogP contribution in [0.5, 0.6) is 23.0 Å². The molecule has 0 unspecified atom stereocenters. The van der Waals surface area contributed by atoms with E-state index in [0.29, 0.717) is 44.4 Å². The summed E-state index contributed by atoms with van der Waals surface area (Å²) in [6, 6.07) is 14.8. The summed E-state index contributed by atoms with van der Waals surface area (Å²) in [5.74, 6) is 0.321. The Morgan fingerprint density at radius 2 is 1.58 bits per heavy atom. The number of anilines is 1. The predicted octanol–water partition coefficient (Wildman–Crippen LogP) is 5.06. The van der Waals surface area contributed by atoms with Crippen LogP contribution in [0.1, 0.15) is 40.9 Å². The number of carbonyl (C=O) groups excluding carboxylic acids is 1. The smallest absolute Gasteiger partial charge is 0.342 e. The highest BCUT2D eigenvalue weighted by Gasteiger charge is 2.54. The second-order valence-electron chi connectivity index (χ2n) is 7.91. The average Bonchev–Trinajstić information content (AvgIpc) is 3.01. The monoisotopic (exact) mass is 433 g/mol. The van der Waals surface area contributed by atoms with Crippen molar-refractivity contribution in [1.29, 1.82) is 0 Å². The topological polar surface area (TPSA) is 88.0 Å². The maximum atomic E-state index is 13.2. The predicted molar refractivity (Wildman–Crippen MR) is 119 cm³/mol. The number of hydrogen-bond donors (Lipinski definition) is 3. The molecule has 7 heteroatoms. The van der Waals surface area contributed by atoms with Crippen molar-refractivity contribution in [2.24, 2.45) is 5.92 Å². The van der Waals surface area contributed by atoms with Gasteiger partial charge in [-0.1, -0.05) is 38.2 Å². The number of aromatic hydroxyl groups is 2. The van der Waals surface area contributed by atoms with Crippen molar-refractivity contribution >= 4 is 28.9 Å². The number of phenols is 2. The van der Waals surface area contributed by atoms with Crippen LogP contribution in [0.3, 0.4) is 0 Å². The Morgan fingerprint density at radius 3 is 2.16 bits per heavy atom. The maximum absolute atomic E-state index is 13.2. The van der Waals surface area contributed by atoms with Gasteiger partial charge in [-0.15, -0.1) is 0 Å². The molecular formula is C24H19NO5S. The van der Waals surface area contributed by atoms with Crippen molar-refractivity contribution < 1.29 is 24.5 Å². The van der Waals surface area contributed by atoms with Gasteiger partial charge in [0, 0.05) is 34.7 Å². The van der Waals surface area contributed by atoms with Gasteiger partial charge in [-0.3, -0.25) is 0 Å². The van der Waals surface area contributed by atoms with Gasteiger partial charge in [-0.25, -0.2) is 4.79 Å². The number of fused-ring (bicyclic) bond motifs is 6. The number of hydrogen-bond acceptors (Lipinski definition) is 6.